The largest absolute Gasteiger partial charge is 0.504 e. The van der Waals surface area contributed by atoms with E-state index < -0.39 is 0 Å². The Balaban J connectivity index is 2.03. The molecule has 100 valence electrons. The summed E-state index contributed by atoms with van der Waals surface area (Å²) in [6.07, 6.45) is 1.63. The molecule has 2 aromatic carbocycles. The molecular formula is C15H10BrNO3. The molecule has 0 unspecified atom stereocenters. The van der Waals surface area contributed by atoms with Gasteiger partial charge in [-0.1, -0.05) is 30.3 Å². The molecule has 0 aliphatic rings. The molecule has 0 saturated carbocycles. The maximum atomic E-state index is 9.62. The minimum absolute atomic E-state index is 0.205. The molecule has 4 nitrogen and oxygen atoms in total. The van der Waals surface area contributed by atoms with E-state index in [1.165, 1.54) is 6.07 Å². The first-order valence-corrected chi connectivity index (χ1v) is 6.67. The van der Waals surface area contributed by atoms with Crippen molar-refractivity contribution in [2.75, 3.05) is 0 Å². The number of halogens is 1. The molecule has 3 rings (SSSR count). The molecule has 2 N–H and O–H groups in total. The molecule has 0 bridgehead atoms. The van der Waals surface area contributed by atoms with Crippen LogP contribution in [0.5, 0.6) is 11.5 Å². The highest BCUT2D eigenvalue weighted by atomic mass is 79.9. The van der Waals surface area contributed by atoms with Crippen molar-refractivity contribution >= 4 is 15.9 Å². The summed E-state index contributed by atoms with van der Waals surface area (Å²) in [7, 11) is 0. The number of hydrogen-bond acceptors (Lipinski definition) is 4. The summed E-state index contributed by atoms with van der Waals surface area (Å²) in [5.41, 5.74) is 1.50. The van der Waals surface area contributed by atoms with Crippen LogP contribution in [0.4, 0.5) is 0 Å². The number of aromatic hydroxyl groups is 2. The van der Waals surface area contributed by atoms with Crippen LogP contribution >= 0.6 is 15.9 Å². The average molecular weight is 332 g/mol. The van der Waals surface area contributed by atoms with Gasteiger partial charge in [0.1, 0.15) is 0 Å². The van der Waals surface area contributed by atoms with Crippen LogP contribution in [0.15, 0.2) is 57.6 Å². The minimum Gasteiger partial charge on any atom is -0.504 e. The number of phenols is 2. The van der Waals surface area contributed by atoms with E-state index in [1.54, 1.807) is 12.3 Å². The summed E-state index contributed by atoms with van der Waals surface area (Å²) in [5, 5.41) is 19.1. The van der Waals surface area contributed by atoms with Crippen LogP contribution in [-0.4, -0.2) is 15.2 Å². The minimum atomic E-state index is -0.228. The lowest BCUT2D eigenvalue weighted by atomic mass is 10.2. The van der Waals surface area contributed by atoms with Gasteiger partial charge in [-0.2, -0.15) is 0 Å². The quantitative estimate of drug-likeness (QED) is 0.691. The standard InChI is InChI=1S/C15H10BrNO3/c16-11-6-10(7-12(18)14(11)19)15-17-8-13(20-15)9-4-2-1-3-5-9/h1-8,18-19H. The molecule has 0 saturated heterocycles. The third kappa shape index (κ3) is 2.28. The molecule has 5 heteroatoms. The van der Waals surface area contributed by atoms with Gasteiger partial charge >= 0.3 is 0 Å². The van der Waals surface area contributed by atoms with E-state index >= 15 is 0 Å². The fourth-order valence-electron chi connectivity index (χ4n) is 1.85. The van der Waals surface area contributed by atoms with E-state index in [0.29, 0.717) is 21.7 Å². The number of oxazole rings is 1. The molecular weight excluding hydrogens is 322 g/mol. The Morgan fingerprint density at radius 2 is 1.75 bits per heavy atom. The third-order valence-corrected chi connectivity index (χ3v) is 3.46. The number of aromatic nitrogens is 1. The lowest BCUT2D eigenvalue weighted by Crippen LogP contribution is -1.79. The van der Waals surface area contributed by atoms with Gasteiger partial charge in [-0.05, 0) is 28.1 Å². The van der Waals surface area contributed by atoms with Crippen LogP contribution in [0.3, 0.4) is 0 Å². The second-order valence-electron chi connectivity index (χ2n) is 4.22. The van der Waals surface area contributed by atoms with E-state index in [9.17, 15) is 10.2 Å². The zero-order valence-electron chi connectivity index (χ0n) is 10.2. The van der Waals surface area contributed by atoms with Crippen molar-refractivity contribution in [1.29, 1.82) is 0 Å². The Morgan fingerprint density at radius 1 is 1.00 bits per heavy atom. The second-order valence-corrected chi connectivity index (χ2v) is 5.08. The highest BCUT2D eigenvalue weighted by Crippen LogP contribution is 2.38. The van der Waals surface area contributed by atoms with Crippen LogP contribution in [0, 0.1) is 0 Å². The Kier molecular flexibility index (Phi) is 3.20. The number of rotatable bonds is 2. The van der Waals surface area contributed by atoms with Gasteiger partial charge in [-0.3, -0.25) is 0 Å². The van der Waals surface area contributed by atoms with Crippen LogP contribution in [0.1, 0.15) is 0 Å². The molecule has 0 atom stereocenters. The maximum absolute atomic E-state index is 9.62. The van der Waals surface area contributed by atoms with Crippen molar-refractivity contribution in [3.8, 4) is 34.3 Å². The van der Waals surface area contributed by atoms with Crippen molar-refractivity contribution in [3.05, 3.63) is 53.1 Å². The summed E-state index contributed by atoms with van der Waals surface area (Å²) in [5.74, 6) is 0.585. The molecule has 0 fully saturated rings. The molecule has 0 aliphatic carbocycles. The van der Waals surface area contributed by atoms with Crippen LogP contribution in [0.2, 0.25) is 0 Å². The molecule has 0 amide bonds. The van der Waals surface area contributed by atoms with Gasteiger partial charge in [0.2, 0.25) is 5.89 Å². The molecule has 1 aromatic heterocycles. The highest BCUT2D eigenvalue weighted by molar-refractivity contribution is 9.10. The van der Waals surface area contributed by atoms with Crippen molar-refractivity contribution in [3.63, 3.8) is 0 Å². The smallest absolute Gasteiger partial charge is 0.226 e. The number of hydrogen-bond donors (Lipinski definition) is 2. The van der Waals surface area contributed by atoms with E-state index in [-0.39, 0.29) is 11.5 Å². The summed E-state index contributed by atoms with van der Waals surface area (Å²) >= 11 is 3.17. The zero-order valence-corrected chi connectivity index (χ0v) is 11.8. The van der Waals surface area contributed by atoms with Gasteiger partial charge in [0.05, 0.1) is 10.7 Å². The van der Waals surface area contributed by atoms with Crippen LogP contribution in [-0.2, 0) is 0 Å². The summed E-state index contributed by atoms with van der Waals surface area (Å²) < 4.78 is 6.06. The molecule has 0 aliphatic heterocycles. The first-order chi connectivity index (χ1) is 9.65. The van der Waals surface area contributed by atoms with Gasteiger partial charge in [-0.25, -0.2) is 4.98 Å². The van der Waals surface area contributed by atoms with Gasteiger partial charge in [-0.15, -0.1) is 0 Å². The van der Waals surface area contributed by atoms with Gasteiger partial charge in [0.25, 0.3) is 0 Å². The second kappa shape index (κ2) is 5.02. The Labute approximate surface area is 123 Å². The van der Waals surface area contributed by atoms with E-state index in [0.717, 1.165) is 5.56 Å². The normalized spacial score (nSPS) is 10.7. The fourth-order valence-corrected chi connectivity index (χ4v) is 2.30. The fraction of sp³-hybridized carbons (Fsp3) is 0. The first kappa shape index (κ1) is 12.7. The van der Waals surface area contributed by atoms with Gasteiger partial charge < -0.3 is 14.6 Å². The van der Waals surface area contributed by atoms with Crippen LogP contribution < -0.4 is 0 Å². The van der Waals surface area contributed by atoms with Gasteiger partial charge in [0, 0.05) is 11.1 Å². The molecule has 1 heterocycles. The van der Waals surface area contributed by atoms with E-state index in [2.05, 4.69) is 20.9 Å². The van der Waals surface area contributed by atoms with E-state index in [4.69, 9.17) is 4.42 Å². The maximum Gasteiger partial charge on any atom is 0.226 e. The topological polar surface area (TPSA) is 66.5 Å². The molecule has 3 aromatic rings. The third-order valence-electron chi connectivity index (χ3n) is 2.85. The van der Waals surface area contributed by atoms with Crippen molar-refractivity contribution in [1.82, 2.24) is 4.98 Å². The van der Waals surface area contributed by atoms with Crippen molar-refractivity contribution < 1.29 is 14.6 Å². The number of benzene rings is 2. The highest BCUT2D eigenvalue weighted by Gasteiger charge is 2.13. The number of phenolic OH excluding ortho intramolecular Hbond substituents is 2. The monoisotopic (exact) mass is 331 g/mol. The molecule has 0 radical (unpaired) electrons. The predicted octanol–water partition coefficient (Wildman–Crippen LogP) is 4.18. The van der Waals surface area contributed by atoms with Crippen molar-refractivity contribution in [2.24, 2.45) is 0 Å². The predicted molar refractivity (Wildman–Crippen MR) is 78.4 cm³/mol. The summed E-state index contributed by atoms with van der Waals surface area (Å²) in [6.45, 7) is 0. The summed E-state index contributed by atoms with van der Waals surface area (Å²) in [4.78, 5) is 4.19. The van der Waals surface area contributed by atoms with E-state index in [1.807, 2.05) is 30.3 Å². The lowest BCUT2D eigenvalue weighted by molar-refractivity contribution is 0.401. The molecule has 0 spiro atoms. The van der Waals surface area contributed by atoms with Crippen molar-refractivity contribution in [2.45, 2.75) is 0 Å². The number of nitrogens with zero attached hydrogens (tertiary/aromatic N) is 1. The lowest BCUT2D eigenvalue weighted by Gasteiger charge is -2.02. The Hall–Kier alpha value is -2.27. The summed E-state index contributed by atoms with van der Waals surface area (Å²) in [6, 6.07) is 12.6. The first-order valence-electron chi connectivity index (χ1n) is 5.88. The zero-order chi connectivity index (χ0) is 14.1. The SMILES string of the molecule is Oc1cc(-c2ncc(-c3ccccc3)o2)cc(Br)c1O. The average Bonchev–Trinajstić information content (AvgIpc) is 2.95. The molecule has 20 heavy (non-hydrogen) atoms. The Bertz CT molecular complexity index is 730. The van der Waals surface area contributed by atoms with Crippen LogP contribution in [0.25, 0.3) is 22.8 Å². The Morgan fingerprint density at radius 3 is 2.45 bits per heavy atom. The van der Waals surface area contributed by atoms with Gasteiger partial charge in [0.15, 0.2) is 17.3 Å².